The van der Waals surface area contributed by atoms with E-state index in [4.69, 9.17) is 11.6 Å². The Kier molecular flexibility index (Phi) is 7.67. The number of β-amino-alcohol motifs (C(OH)–C–C–N with tert-alkyl or cyclic N) is 1. The Bertz CT molecular complexity index is 1210. The molecular formula is C23H26ClF4N7O. The van der Waals surface area contributed by atoms with Crippen LogP contribution in [0, 0.1) is 19.7 Å². The standard InChI is InChI=1S/C23H26ClF4N7O/c1-12-7-17(25)15(14-3-5-35(6-4-14)11-19(36)23(26,27)28)9-18(12)30-22-29-10-16(24)21(32-22)31-20-8-13(2)33-34-20/h7-10,14,19,36H,3-6,11H2,1-2H3,(H3,29,30,31,32,33,34). The second-order valence-electron chi connectivity index (χ2n) is 8.90. The Morgan fingerprint density at radius 2 is 1.92 bits per heavy atom. The summed E-state index contributed by atoms with van der Waals surface area (Å²) in [6, 6.07) is 4.90. The largest absolute Gasteiger partial charge is 0.415 e. The molecule has 1 aliphatic heterocycles. The van der Waals surface area contributed by atoms with E-state index in [1.165, 1.54) is 12.3 Å². The molecule has 0 aliphatic carbocycles. The van der Waals surface area contributed by atoms with Crippen molar-refractivity contribution in [2.45, 2.75) is 44.9 Å². The zero-order valence-electron chi connectivity index (χ0n) is 19.6. The summed E-state index contributed by atoms with van der Waals surface area (Å²) in [5, 5.41) is 22.7. The van der Waals surface area contributed by atoms with Crippen LogP contribution in [0.1, 0.15) is 35.6 Å². The smallest absolute Gasteiger partial charge is 0.382 e. The summed E-state index contributed by atoms with van der Waals surface area (Å²) in [7, 11) is 0. The number of hydrogen-bond donors (Lipinski definition) is 4. The Labute approximate surface area is 210 Å². The third kappa shape index (κ3) is 6.23. The number of rotatable bonds is 7. The van der Waals surface area contributed by atoms with Crippen LogP contribution in [0.5, 0.6) is 0 Å². The number of aromatic nitrogens is 4. The van der Waals surface area contributed by atoms with Gasteiger partial charge in [-0.3, -0.25) is 5.10 Å². The highest BCUT2D eigenvalue weighted by molar-refractivity contribution is 6.32. The van der Waals surface area contributed by atoms with E-state index < -0.39 is 18.8 Å². The molecule has 1 aliphatic rings. The van der Waals surface area contributed by atoms with Gasteiger partial charge in [0.25, 0.3) is 0 Å². The number of benzene rings is 1. The van der Waals surface area contributed by atoms with Gasteiger partial charge >= 0.3 is 6.18 Å². The van der Waals surface area contributed by atoms with Crippen LogP contribution >= 0.6 is 11.6 Å². The number of aliphatic hydroxyl groups is 1. The average Bonchev–Trinajstić information content (AvgIpc) is 3.22. The first-order chi connectivity index (χ1) is 17.0. The van der Waals surface area contributed by atoms with Crippen LogP contribution in [0.15, 0.2) is 24.4 Å². The minimum atomic E-state index is -4.66. The van der Waals surface area contributed by atoms with Crippen molar-refractivity contribution in [3.05, 3.63) is 52.1 Å². The average molecular weight is 528 g/mol. The Hall–Kier alpha value is -2.96. The SMILES string of the molecule is Cc1cc(Nc2nc(Nc3cc(C4CCN(CC(O)C(F)(F)F)CC4)c(F)cc3C)ncc2Cl)n[nH]1. The van der Waals surface area contributed by atoms with E-state index in [0.717, 1.165) is 5.69 Å². The lowest BCUT2D eigenvalue weighted by molar-refractivity contribution is -0.208. The molecule has 4 rings (SSSR count). The van der Waals surface area contributed by atoms with Crippen LogP contribution in [-0.4, -0.2) is 62.1 Å². The molecule has 8 nitrogen and oxygen atoms in total. The minimum absolute atomic E-state index is 0.170. The summed E-state index contributed by atoms with van der Waals surface area (Å²) in [6.07, 6.45) is -4.67. The maximum Gasteiger partial charge on any atom is 0.415 e. The zero-order chi connectivity index (χ0) is 26.0. The quantitative estimate of drug-likeness (QED) is 0.313. The van der Waals surface area contributed by atoms with Gasteiger partial charge in [-0.2, -0.15) is 23.3 Å². The zero-order valence-corrected chi connectivity index (χ0v) is 20.4. The first kappa shape index (κ1) is 26.1. The van der Waals surface area contributed by atoms with E-state index >= 15 is 0 Å². The van der Waals surface area contributed by atoms with Gasteiger partial charge in [-0.25, -0.2) is 9.37 Å². The van der Waals surface area contributed by atoms with E-state index in [9.17, 15) is 22.7 Å². The van der Waals surface area contributed by atoms with Gasteiger partial charge in [0.1, 0.15) is 10.8 Å². The Morgan fingerprint density at radius 1 is 1.19 bits per heavy atom. The topological polar surface area (TPSA) is 102 Å². The van der Waals surface area contributed by atoms with E-state index in [2.05, 4.69) is 30.8 Å². The summed E-state index contributed by atoms with van der Waals surface area (Å²) in [6.45, 7) is 3.78. The van der Waals surface area contributed by atoms with Crippen LogP contribution in [0.2, 0.25) is 5.02 Å². The molecule has 0 spiro atoms. The number of H-pyrrole nitrogens is 1. The predicted octanol–water partition coefficient (Wildman–Crippen LogP) is 5.20. The van der Waals surface area contributed by atoms with Gasteiger partial charge in [0.15, 0.2) is 17.7 Å². The van der Waals surface area contributed by atoms with Crippen molar-refractivity contribution in [1.82, 2.24) is 25.1 Å². The number of aliphatic hydroxyl groups excluding tert-OH is 1. The third-order valence-corrected chi connectivity index (χ3v) is 6.40. The molecule has 0 saturated carbocycles. The van der Waals surface area contributed by atoms with E-state index in [1.807, 2.05) is 6.92 Å². The van der Waals surface area contributed by atoms with E-state index in [0.29, 0.717) is 59.4 Å². The molecule has 0 bridgehead atoms. The fourth-order valence-electron chi connectivity index (χ4n) is 4.15. The maximum atomic E-state index is 14.9. The van der Waals surface area contributed by atoms with Crippen LogP contribution in [0.3, 0.4) is 0 Å². The molecule has 0 radical (unpaired) electrons. The Balaban J connectivity index is 1.47. The summed E-state index contributed by atoms with van der Waals surface area (Å²) < 4.78 is 52.9. The summed E-state index contributed by atoms with van der Waals surface area (Å²) in [5.41, 5.74) is 2.57. The molecule has 1 aromatic carbocycles. The molecule has 1 unspecified atom stereocenters. The van der Waals surface area contributed by atoms with Gasteiger partial charge in [-0.1, -0.05) is 11.6 Å². The van der Waals surface area contributed by atoms with Gasteiger partial charge in [-0.05, 0) is 69.0 Å². The van der Waals surface area contributed by atoms with Gasteiger partial charge in [-0.15, -0.1) is 0 Å². The molecule has 1 fully saturated rings. The molecular weight excluding hydrogens is 502 g/mol. The molecule has 4 N–H and O–H groups in total. The molecule has 3 heterocycles. The number of likely N-dealkylation sites (tertiary alicyclic amines) is 1. The number of anilines is 4. The molecule has 13 heteroatoms. The van der Waals surface area contributed by atoms with Crippen molar-refractivity contribution in [1.29, 1.82) is 0 Å². The summed E-state index contributed by atoms with van der Waals surface area (Å²) in [4.78, 5) is 10.2. The molecule has 1 atom stereocenters. The highest BCUT2D eigenvalue weighted by Gasteiger charge is 2.39. The summed E-state index contributed by atoms with van der Waals surface area (Å²) in [5.74, 6) is 0.574. The van der Waals surface area contributed by atoms with Gasteiger partial charge in [0, 0.05) is 24.0 Å². The Morgan fingerprint density at radius 3 is 2.56 bits per heavy atom. The fraction of sp³-hybridized carbons (Fsp3) is 0.435. The summed E-state index contributed by atoms with van der Waals surface area (Å²) >= 11 is 6.22. The van der Waals surface area contributed by atoms with Crippen LogP contribution in [-0.2, 0) is 0 Å². The molecule has 36 heavy (non-hydrogen) atoms. The van der Waals surface area contributed by atoms with Crippen molar-refractivity contribution < 1.29 is 22.7 Å². The molecule has 1 saturated heterocycles. The van der Waals surface area contributed by atoms with Crippen molar-refractivity contribution in [3.63, 3.8) is 0 Å². The van der Waals surface area contributed by atoms with Crippen LogP contribution in [0.4, 0.5) is 40.8 Å². The first-order valence-electron chi connectivity index (χ1n) is 11.4. The van der Waals surface area contributed by atoms with Crippen molar-refractivity contribution in [2.75, 3.05) is 30.3 Å². The predicted molar refractivity (Wildman–Crippen MR) is 129 cm³/mol. The number of halogens is 5. The second kappa shape index (κ2) is 10.6. The van der Waals surface area contributed by atoms with E-state index in [-0.39, 0.29) is 17.7 Å². The minimum Gasteiger partial charge on any atom is -0.382 e. The van der Waals surface area contributed by atoms with Crippen LogP contribution < -0.4 is 10.6 Å². The molecule has 0 amide bonds. The third-order valence-electron chi connectivity index (χ3n) is 6.12. The molecule has 2 aromatic heterocycles. The van der Waals surface area contributed by atoms with E-state index in [1.54, 1.807) is 24.0 Å². The normalized spacial score (nSPS) is 16.2. The van der Waals surface area contributed by atoms with Crippen LogP contribution in [0.25, 0.3) is 0 Å². The number of piperidine rings is 1. The van der Waals surface area contributed by atoms with Gasteiger partial charge in [0.2, 0.25) is 5.95 Å². The monoisotopic (exact) mass is 527 g/mol. The van der Waals surface area contributed by atoms with Crippen molar-refractivity contribution >= 4 is 34.9 Å². The highest BCUT2D eigenvalue weighted by Crippen LogP contribution is 2.34. The number of nitrogens with zero attached hydrogens (tertiary/aromatic N) is 4. The highest BCUT2D eigenvalue weighted by atomic mass is 35.5. The lowest BCUT2D eigenvalue weighted by Gasteiger charge is -2.34. The molecule has 194 valence electrons. The van der Waals surface area contributed by atoms with Crippen molar-refractivity contribution in [3.8, 4) is 0 Å². The second-order valence-corrected chi connectivity index (χ2v) is 9.30. The number of aryl methyl sites for hydroxylation is 2. The lowest BCUT2D eigenvalue weighted by atomic mass is 9.88. The van der Waals surface area contributed by atoms with Gasteiger partial charge < -0.3 is 20.6 Å². The number of nitrogens with one attached hydrogen (secondary N) is 3. The fourth-order valence-corrected chi connectivity index (χ4v) is 4.29. The number of aromatic amines is 1. The molecule has 3 aromatic rings. The van der Waals surface area contributed by atoms with Crippen molar-refractivity contribution in [2.24, 2.45) is 0 Å². The lowest BCUT2D eigenvalue weighted by Crippen LogP contribution is -2.44. The van der Waals surface area contributed by atoms with Gasteiger partial charge in [0.05, 0.1) is 6.20 Å². The number of hydrogen-bond acceptors (Lipinski definition) is 7. The first-order valence-corrected chi connectivity index (χ1v) is 11.7. The maximum absolute atomic E-state index is 14.9. The number of alkyl halides is 3.